The molecule has 1 aromatic carbocycles. The first-order valence-corrected chi connectivity index (χ1v) is 8.87. The van der Waals surface area contributed by atoms with Crippen molar-refractivity contribution in [2.75, 3.05) is 5.32 Å². The lowest BCUT2D eigenvalue weighted by atomic mass is 9.82. The van der Waals surface area contributed by atoms with Crippen LogP contribution in [0.15, 0.2) is 47.3 Å². The van der Waals surface area contributed by atoms with E-state index < -0.39 is 17.8 Å². The number of hydrogen-bond acceptors (Lipinski definition) is 4. The predicted molar refractivity (Wildman–Crippen MR) is 101 cm³/mol. The fourth-order valence-electron chi connectivity index (χ4n) is 3.18. The average molecular weight is 367 g/mol. The van der Waals surface area contributed by atoms with Crippen LogP contribution in [-0.4, -0.2) is 27.0 Å². The highest BCUT2D eigenvalue weighted by atomic mass is 16.4. The molecule has 1 aliphatic rings. The van der Waals surface area contributed by atoms with E-state index in [1.165, 1.54) is 6.07 Å². The van der Waals surface area contributed by atoms with Gasteiger partial charge in [-0.15, -0.1) is 0 Å². The summed E-state index contributed by atoms with van der Waals surface area (Å²) in [6.45, 7) is 1.92. The van der Waals surface area contributed by atoms with Crippen molar-refractivity contribution in [3.05, 3.63) is 58.5 Å². The molecule has 1 amide bonds. The zero-order valence-corrected chi connectivity index (χ0v) is 14.9. The van der Waals surface area contributed by atoms with Crippen LogP contribution < -0.4 is 10.9 Å². The number of amides is 1. The number of aromatic nitrogens is 2. The number of nitrogens with one attached hydrogen (secondary N) is 2. The number of nitrogens with zero attached hydrogens (tertiary/aromatic N) is 1. The second-order valence-corrected chi connectivity index (χ2v) is 6.50. The highest BCUT2D eigenvalue weighted by Gasteiger charge is 2.33. The van der Waals surface area contributed by atoms with E-state index in [1.54, 1.807) is 30.3 Å². The minimum Gasteiger partial charge on any atom is -0.481 e. The molecule has 7 heteroatoms. The molecule has 3 N–H and O–H groups in total. The molecule has 0 saturated heterocycles. The van der Waals surface area contributed by atoms with Crippen LogP contribution in [0.3, 0.4) is 0 Å². The van der Waals surface area contributed by atoms with E-state index in [0.717, 1.165) is 0 Å². The average Bonchev–Trinajstić information content (AvgIpc) is 2.67. The van der Waals surface area contributed by atoms with Crippen LogP contribution in [0.5, 0.6) is 0 Å². The van der Waals surface area contributed by atoms with Crippen molar-refractivity contribution in [3.63, 3.8) is 0 Å². The predicted octanol–water partition coefficient (Wildman–Crippen LogP) is 2.60. The van der Waals surface area contributed by atoms with Gasteiger partial charge in [-0.3, -0.25) is 14.4 Å². The number of H-pyrrole nitrogens is 1. The lowest BCUT2D eigenvalue weighted by Gasteiger charge is -2.24. The van der Waals surface area contributed by atoms with Crippen molar-refractivity contribution < 1.29 is 14.7 Å². The number of rotatable bonds is 5. The monoisotopic (exact) mass is 367 g/mol. The highest BCUT2D eigenvalue weighted by molar-refractivity contribution is 5.95. The van der Waals surface area contributed by atoms with Gasteiger partial charge in [0.1, 0.15) is 5.82 Å². The standard InChI is InChI=1S/C20H21N3O4/c1-2-13-11-17(24)23-18(21-13)12-6-5-7-14(10-12)22-19(25)15-8-3-4-9-16(15)20(26)27/h3-7,10-11,15-16H,2,8-9H2,1H3,(H,22,25)(H,26,27)(H,21,23,24)/t15-,16-/m0/s1. The molecule has 0 bridgehead atoms. The van der Waals surface area contributed by atoms with Crippen molar-refractivity contribution in [1.82, 2.24) is 9.97 Å². The third-order valence-corrected chi connectivity index (χ3v) is 4.65. The van der Waals surface area contributed by atoms with Gasteiger partial charge in [-0.25, -0.2) is 4.98 Å². The van der Waals surface area contributed by atoms with Gasteiger partial charge >= 0.3 is 5.97 Å². The molecule has 0 unspecified atom stereocenters. The van der Waals surface area contributed by atoms with Crippen LogP contribution in [0.25, 0.3) is 11.4 Å². The van der Waals surface area contributed by atoms with Crippen LogP contribution in [0, 0.1) is 11.8 Å². The van der Waals surface area contributed by atoms with Crippen LogP contribution >= 0.6 is 0 Å². The van der Waals surface area contributed by atoms with Gasteiger partial charge in [0.05, 0.1) is 11.8 Å². The highest BCUT2D eigenvalue weighted by Crippen LogP contribution is 2.28. The molecule has 1 aromatic heterocycles. The number of carboxylic acid groups (broad SMARTS) is 1. The van der Waals surface area contributed by atoms with Gasteiger partial charge in [0.25, 0.3) is 5.56 Å². The van der Waals surface area contributed by atoms with Crippen molar-refractivity contribution in [2.45, 2.75) is 26.2 Å². The normalized spacial score (nSPS) is 18.9. The topological polar surface area (TPSA) is 112 Å². The Bertz CT molecular complexity index is 948. The number of benzene rings is 1. The maximum Gasteiger partial charge on any atom is 0.307 e. The number of aromatic amines is 1. The minimum absolute atomic E-state index is 0.232. The van der Waals surface area contributed by atoms with E-state index in [1.807, 2.05) is 13.0 Å². The number of aliphatic carboxylic acids is 1. The molecular formula is C20H21N3O4. The van der Waals surface area contributed by atoms with E-state index in [0.29, 0.717) is 42.0 Å². The first-order chi connectivity index (χ1) is 13.0. The van der Waals surface area contributed by atoms with Crippen LogP contribution in [0.2, 0.25) is 0 Å². The number of aryl methyl sites for hydroxylation is 1. The molecule has 0 fully saturated rings. The van der Waals surface area contributed by atoms with Gasteiger partial charge in [-0.05, 0) is 31.4 Å². The van der Waals surface area contributed by atoms with Gasteiger partial charge in [0, 0.05) is 23.0 Å². The molecule has 140 valence electrons. The van der Waals surface area contributed by atoms with Crippen molar-refractivity contribution in [1.29, 1.82) is 0 Å². The summed E-state index contributed by atoms with van der Waals surface area (Å²) in [5, 5.41) is 12.1. The SMILES string of the molecule is CCc1cc(=O)[nH]c(-c2cccc(NC(=O)[C@H]3CC=CC[C@@H]3C(=O)O)c2)n1. The summed E-state index contributed by atoms with van der Waals surface area (Å²) in [6, 6.07) is 8.43. The van der Waals surface area contributed by atoms with Crippen LogP contribution in [-0.2, 0) is 16.0 Å². The Balaban J connectivity index is 1.83. The molecule has 1 heterocycles. The smallest absolute Gasteiger partial charge is 0.307 e. The number of allylic oxidation sites excluding steroid dienone is 2. The summed E-state index contributed by atoms with van der Waals surface area (Å²) in [5.74, 6) is -2.20. The molecule has 3 rings (SSSR count). The van der Waals surface area contributed by atoms with Gasteiger partial charge in [-0.1, -0.05) is 31.2 Å². The van der Waals surface area contributed by atoms with Gasteiger partial charge in [-0.2, -0.15) is 0 Å². The molecule has 2 aromatic rings. The molecular weight excluding hydrogens is 346 g/mol. The van der Waals surface area contributed by atoms with Crippen molar-refractivity contribution in [3.8, 4) is 11.4 Å². The molecule has 1 aliphatic carbocycles. The number of carbonyl (C=O) groups excluding carboxylic acids is 1. The fourth-order valence-corrected chi connectivity index (χ4v) is 3.18. The minimum atomic E-state index is -0.966. The molecule has 0 aliphatic heterocycles. The fraction of sp³-hybridized carbons (Fsp3) is 0.300. The summed E-state index contributed by atoms with van der Waals surface area (Å²) in [7, 11) is 0. The number of carbonyl (C=O) groups is 2. The number of hydrogen-bond donors (Lipinski definition) is 3. The van der Waals surface area contributed by atoms with Crippen molar-refractivity contribution in [2.24, 2.45) is 11.8 Å². The zero-order valence-electron chi connectivity index (χ0n) is 14.9. The quantitative estimate of drug-likeness (QED) is 0.703. The second kappa shape index (κ2) is 7.99. The lowest BCUT2D eigenvalue weighted by molar-refractivity contribution is -0.146. The van der Waals surface area contributed by atoms with Gasteiger partial charge in [0.2, 0.25) is 5.91 Å². The largest absolute Gasteiger partial charge is 0.481 e. The van der Waals surface area contributed by atoms with E-state index >= 15 is 0 Å². The summed E-state index contributed by atoms with van der Waals surface area (Å²) >= 11 is 0. The maximum atomic E-state index is 12.6. The van der Waals surface area contributed by atoms with E-state index in [4.69, 9.17) is 0 Å². The van der Waals surface area contributed by atoms with Crippen molar-refractivity contribution >= 4 is 17.6 Å². The number of anilines is 1. The third-order valence-electron chi connectivity index (χ3n) is 4.65. The Morgan fingerprint density at radius 3 is 2.67 bits per heavy atom. The molecule has 7 nitrogen and oxygen atoms in total. The molecule has 0 radical (unpaired) electrons. The number of carboxylic acids is 1. The first kappa shape index (κ1) is 18.6. The molecule has 0 spiro atoms. The van der Waals surface area contributed by atoms with E-state index in [-0.39, 0.29) is 11.5 Å². The summed E-state index contributed by atoms with van der Waals surface area (Å²) < 4.78 is 0. The third kappa shape index (κ3) is 4.31. The Kier molecular flexibility index (Phi) is 5.49. The summed E-state index contributed by atoms with van der Waals surface area (Å²) in [5.41, 5.74) is 1.64. The second-order valence-electron chi connectivity index (χ2n) is 6.50. The Morgan fingerprint density at radius 1 is 1.22 bits per heavy atom. The van der Waals surface area contributed by atoms with E-state index in [2.05, 4.69) is 15.3 Å². The van der Waals surface area contributed by atoms with Gasteiger partial charge in [0.15, 0.2) is 0 Å². The van der Waals surface area contributed by atoms with E-state index in [9.17, 15) is 19.5 Å². The first-order valence-electron chi connectivity index (χ1n) is 8.87. The molecule has 2 atom stereocenters. The molecule has 0 saturated carbocycles. The summed E-state index contributed by atoms with van der Waals surface area (Å²) in [4.78, 5) is 42.9. The zero-order chi connectivity index (χ0) is 19.4. The maximum absolute atomic E-state index is 12.6. The van der Waals surface area contributed by atoms with Gasteiger partial charge < -0.3 is 15.4 Å². The summed E-state index contributed by atoms with van der Waals surface area (Å²) in [6.07, 6.45) is 5.02. The van der Waals surface area contributed by atoms with Crippen LogP contribution in [0.4, 0.5) is 5.69 Å². The Labute approximate surface area is 156 Å². The molecule has 27 heavy (non-hydrogen) atoms. The lowest BCUT2D eigenvalue weighted by Crippen LogP contribution is -2.34. The Morgan fingerprint density at radius 2 is 1.96 bits per heavy atom. The van der Waals surface area contributed by atoms with Crippen LogP contribution in [0.1, 0.15) is 25.5 Å². The Hall–Kier alpha value is -3.22.